The van der Waals surface area contributed by atoms with Crippen LogP contribution in [0, 0.1) is 0 Å². The van der Waals surface area contributed by atoms with E-state index < -0.39 is 0 Å². The molecule has 0 saturated carbocycles. The lowest BCUT2D eigenvalue weighted by Gasteiger charge is -2.38. The van der Waals surface area contributed by atoms with Gasteiger partial charge in [0.1, 0.15) is 5.75 Å². The topological polar surface area (TPSA) is 47.6 Å². The molecule has 1 heterocycles. The van der Waals surface area contributed by atoms with Gasteiger partial charge in [0, 0.05) is 41.6 Å². The van der Waals surface area contributed by atoms with Crippen molar-refractivity contribution < 1.29 is 14.3 Å². The van der Waals surface area contributed by atoms with Crippen molar-refractivity contribution in [1.82, 2.24) is 5.32 Å². The Kier molecular flexibility index (Phi) is 6.91. The highest BCUT2D eigenvalue weighted by Gasteiger charge is 2.37. The summed E-state index contributed by atoms with van der Waals surface area (Å²) in [6.07, 6.45) is 2.94. The summed E-state index contributed by atoms with van der Waals surface area (Å²) in [4.78, 5) is 12.5. The fourth-order valence-corrected chi connectivity index (χ4v) is 4.17. The van der Waals surface area contributed by atoms with Gasteiger partial charge in [-0.05, 0) is 37.0 Å². The summed E-state index contributed by atoms with van der Waals surface area (Å²) in [5, 5.41) is 3.17. The fourth-order valence-electron chi connectivity index (χ4n) is 3.69. The fraction of sp³-hybridized carbons (Fsp3) is 0.409. The van der Waals surface area contributed by atoms with Crippen molar-refractivity contribution in [2.75, 3.05) is 26.9 Å². The van der Waals surface area contributed by atoms with Gasteiger partial charge in [-0.2, -0.15) is 0 Å². The van der Waals surface area contributed by atoms with Gasteiger partial charge < -0.3 is 14.8 Å². The smallest absolute Gasteiger partial charge is 0.220 e. The number of carbonyl (C=O) groups excluding carboxylic acids is 1. The van der Waals surface area contributed by atoms with E-state index in [0.29, 0.717) is 26.2 Å². The first-order chi connectivity index (χ1) is 13.1. The molecular formula is C22H26BrNO3. The average molecular weight is 432 g/mol. The molecule has 1 aliphatic rings. The van der Waals surface area contributed by atoms with Gasteiger partial charge in [-0.1, -0.05) is 52.3 Å². The van der Waals surface area contributed by atoms with Gasteiger partial charge in [0.25, 0.3) is 0 Å². The van der Waals surface area contributed by atoms with Crippen LogP contribution in [0.1, 0.15) is 30.4 Å². The van der Waals surface area contributed by atoms with E-state index in [1.54, 1.807) is 7.11 Å². The van der Waals surface area contributed by atoms with Gasteiger partial charge >= 0.3 is 0 Å². The number of benzene rings is 2. The number of methoxy groups -OCH3 is 1. The van der Waals surface area contributed by atoms with Crippen LogP contribution in [0.25, 0.3) is 0 Å². The molecule has 0 spiro atoms. The Balaban J connectivity index is 1.66. The van der Waals surface area contributed by atoms with E-state index in [1.165, 1.54) is 0 Å². The molecule has 3 rings (SSSR count). The number of aryl methyl sites for hydroxylation is 1. The maximum atomic E-state index is 12.5. The molecule has 5 heteroatoms. The molecule has 0 radical (unpaired) electrons. The lowest BCUT2D eigenvalue weighted by Crippen LogP contribution is -2.44. The van der Waals surface area contributed by atoms with Gasteiger partial charge in [-0.25, -0.2) is 0 Å². The van der Waals surface area contributed by atoms with Crippen molar-refractivity contribution in [3.8, 4) is 5.75 Å². The lowest BCUT2D eigenvalue weighted by atomic mass is 9.73. The third kappa shape index (κ3) is 4.90. The second-order valence-electron chi connectivity index (χ2n) is 6.96. The first kappa shape index (κ1) is 19.9. The third-order valence-electron chi connectivity index (χ3n) is 5.33. The minimum atomic E-state index is -0.145. The molecule has 27 heavy (non-hydrogen) atoms. The summed E-state index contributed by atoms with van der Waals surface area (Å²) >= 11 is 3.54. The first-order valence-corrected chi connectivity index (χ1v) is 10.2. The van der Waals surface area contributed by atoms with Crippen LogP contribution in [0.5, 0.6) is 5.75 Å². The van der Waals surface area contributed by atoms with Crippen molar-refractivity contribution in [3.63, 3.8) is 0 Å². The van der Waals surface area contributed by atoms with E-state index in [0.717, 1.165) is 40.6 Å². The number of rotatable bonds is 7. The number of para-hydroxylation sites is 1. The number of hydrogen-bond donors (Lipinski definition) is 1. The Morgan fingerprint density at radius 3 is 2.59 bits per heavy atom. The highest BCUT2D eigenvalue weighted by atomic mass is 79.9. The number of hydrogen-bond acceptors (Lipinski definition) is 3. The summed E-state index contributed by atoms with van der Waals surface area (Å²) in [6.45, 7) is 2.00. The Morgan fingerprint density at radius 2 is 1.85 bits per heavy atom. The molecule has 2 aromatic carbocycles. The van der Waals surface area contributed by atoms with Gasteiger partial charge in [-0.15, -0.1) is 0 Å². The second-order valence-corrected chi connectivity index (χ2v) is 7.82. The highest BCUT2D eigenvalue weighted by Crippen LogP contribution is 2.39. The molecule has 144 valence electrons. The van der Waals surface area contributed by atoms with Crippen molar-refractivity contribution in [1.29, 1.82) is 0 Å². The number of carbonyl (C=O) groups is 1. The van der Waals surface area contributed by atoms with Crippen molar-refractivity contribution in [2.24, 2.45) is 0 Å². The van der Waals surface area contributed by atoms with Gasteiger partial charge in [0.05, 0.1) is 7.11 Å². The molecule has 1 fully saturated rings. The Hall–Kier alpha value is -1.85. The van der Waals surface area contributed by atoms with E-state index in [-0.39, 0.29) is 11.3 Å². The first-order valence-electron chi connectivity index (χ1n) is 9.36. The molecule has 0 aliphatic carbocycles. The molecule has 0 bridgehead atoms. The molecule has 0 unspecified atom stereocenters. The highest BCUT2D eigenvalue weighted by molar-refractivity contribution is 9.10. The van der Waals surface area contributed by atoms with Crippen LogP contribution in [0.2, 0.25) is 0 Å². The summed E-state index contributed by atoms with van der Waals surface area (Å²) < 4.78 is 12.2. The van der Waals surface area contributed by atoms with Crippen LogP contribution in [-0.2, 0) is 21.4 Å². The molecule has 1 N–H and O–H groups in total. The SMILES string of the molecule is COc1ccccc1C1(CNC(=O)CCc2ccccc2Br)CCOCC1. The van der Waals surface area contributed by atoms with E-state index in [1.807, 2.05) is 42.5 Å². The average Bonchev–Trinajstić information content (AvgIpc) is 2.72. The monoisotopic (exact) mass is 431 g/mol. The van der Waals surface area contributed by atoms with Crippen molar-refractivity contribution in [2.45, 2.75) is 31.1 Å². The second kappa shape index (κ2) is 9.38. The number of ether oxygens (including phenoxy) is 2. The van der Waals surface area contributed by atoms with E-state index in [9.17, 15) is 4.79 Å². The molecule has 1 amide bonds. The minimum absolute atomic E-state index is 0.0755. The van der Waals surface area contributed by atoms with Crippen LogP contribution < -0.4 is 10.1 Å². The number of amides is 1. The van der Waals surface area contributed by atoms with Crippen molar-refractivity contribution >= 4 is 21.8 Å². The molecule has 0 aromatic heterocycles. The minimum Gasteiger partial charge on any atom is -0.496 e. The molecule has 1 saturated heterocycles. The number of halogens is 1. The van der Waals surface area contributed by atoms with Crippen LogP contribution in [0.15, 0.2) is 53.0 Å². The Labute approximate surface area is 169 Å². The summed E-state index contributed by atoms with van der Waals surface area (Å²) in [6, 6.07) is 16.1. The lowest BCUT2D eigenvalue weighted by molar-refractivity contribution is -0.121. The van der Waals surface area contributed by atoms with Crippen LogP contribution in [0.4, 0.5) is 0 Å². The predicted octanol–water partition coefficient (Wildman–Crippen LogP) is 4.25. The zero-order valence-electron chi connectivity index (χ0n) is 15.7. The zero-order valence-corrected chi connectivity index (χ0v) is 17.3. The summed E-state index contributed by atoms with van der Waals surface area (Å²) in [7, 11) is 1.70. The predicted molar refractivity (Wildman–Crippen MR) is 110 cm³/mol. The summed E-state index contributed by atoms with van der Waals surface area (Å²) in [5.41, 5.74) is 2.16. The Morgan fingerprint density at radius 1 is 1.15 bits per heavy atom. The molecule has 4 nitrogen and oxygen atoms in total. The molecule has 2 aromatic rings. The largest absolute Gasteiger partial charge is 0.496 e. The standard InChI is InChI=1S/C22H26BrNO3/c1-26-20-9-5-3-7-18(20)22(12-14-27-15-13-22)16-24-21(25)11-10-17-6-2-4-8-19(17)23/h2-9H,10-16H2,1H3,(H,24,25). The maximum absolute atomic E-state index is 12.5. The van der Waals surface area contributed by atoms with Gasteiger partial charge in [-0.3, -0.25) is 4.79 Å². The normalized spacial score (nSPS) is 15.9. The Bertz CT molecular complexity index is 772. The van der Waals surface area contributed by atoms with E-state index in [2.05, 4.69) is 27.3 Å². The maximum Gasteiger partial charge on any atom is 0.220 e. The molecular weight excluding hydrogens is 406 g/mol. The quantitative estimate of drug-likeness (QED) is 0.712. The molecule has 1 aliphatic heterocycles. The zero-order chi connectivity index (χ0) is 19.1. The van der Waals surface area contributed by atoms with E-state index >= 15 is 0 Å². The molecule has 0 atom stereocenters. The van der Waals surface area contributed by atoms with Gasteiger partial charge in [0.15, 0.2) is 0 Å². The third-order valence-corrected chi connectivity index (χ3v) is 6.11. The van der Waals surface area contributed by atoms with Crippen LogP contribution >= 0.6 is 15.9 Å². The number of nitrogens with one attached hydrogen (secondary N) is 1. The van der Waals surface area contributed by atoms with Crippen LogP contribution in [-0.4, -0.2) is 32.8 Å². The van der Waals surface area contributed by atoms with Gasteiger partial charge in [0.2, 0.25) is 5.91 Å². The van der Waals surface area contributed by atoms with E-state index in [4.69, 9.17) is 9.47 Å². The van der Waals surface area contributed by atoms with Crippen molar-refractivity contribution in [3.05, 3.63) is 64.1 Å². The van der Waals surface area contributed by atoms with Crippen LogP contribution in [0.3, 0.4) is 0 Å². The summed E-state index contributed by atoms with van der Waals surface area (Å²) in [5.74, 6) is 0.952.